The number of rotatable bonds is 3. The number of nitrogens with zero attached hydrogens (tertiary/aromatic N) is 2. The van der Waals surface area contributed by atoms with Gasteiger partial charge in [0.1, 0.15) is 11.6 Å². The molecule has 3 aromatic rings. The zero-order valence-corrected chi connectivity index (χ0v) is 17.5. The van der Waals surface area contributed by atoms with E-state index in [1.54, 1.807) is 18.2 Å². The molecular weight excluding hydrogens is 391 g/mol. The Bertz CT molecular complexity index is 1180. The van der Waals surface area contributed by atoms with Crippen LogP contribution in [0.4, 0.5) is 4.39 Å². The lowest BCUT2D eigenvalue weighted by atomic mass is 9.56. The summed E-state index contributed by atoms with van der Waals surface area (Å²) in [4.78, 5) is 7.27. The molecule has 1 saturated heterocycles. The van der Waals surface area contributed by atoms with E-state index in [1.165, 1.54) is 25.0 Å². The Balaban J connectivity index is 1.48. The van der Waals surface area contributed by atoms with Crippen LogP contribution < -0.4 is 0 Å². The summed E-state index contributed by atoms with van der Waals surface area (Å²) in [5, 5.41) is 23.4. The lowest BCUT2D eigenvalue weighted by molar-refractivity contribution is -0.104. The molecule has 1 aliphatic heterocycles. The Morgan fingerprint density at radius 3 is 2.77 bits per heavy atom. The number of piperidine rings is 1. The molecule has 1 saturated carbocycles. The standard InChI is InChI=1S/C26H27FN2O2/c27-21-7-6-18-10-19-13-26(31)16-29(15-17-4-5-17)9-8-25(26,14-24(19)28-23(18)12-21)20-2-1-3-22(30)11-20/h1-3,6-7,10-12,17,30-31H,4-5,8-9,13-16H2/t25-,26-/m0/s1. The lowest BCUT2D eigenvalue weighted by Gasteiger charge is -2.56. The van der Waals surface area contributed by atoms with Crippen LogP contribution in [0.15, 0.2) is 48.5 Å². The summed E-state index contributed by atoms with van der Waals surface area (Å²) in [6.07, 6.45) is 4.50. The number of hydrogen-bond donors (Lipinski definition) is 2. The Morgan fingerprint density at radius 2 is 1.97 bits per heavy atom. The third-order valence-corrected chi connectivity index (χ3v) is 7.74. The maximum absolute atomic E-state index is 13.8. The summed E-state index contributed by atoms with van der Waals surface area (Å²) in [6, 6.07) is 14.1. The number of fused-ring (bicyclic) bond motifs is 3. The van der Waals surface area contributed by atoms with E-state index < -0.39 is 11.0 Å². The summed E-state index contributed by atoms with van der Waals surface area (Å²) in [7, 11) is 0. The first-order chi connectivity index (χ1) is 14.9. The van der Waals surface area contributed by atoms with Crippen molar-refractivity contribution in [2.24, 2.45) is 5.92 Å². The van der Waals surface area contributed by atoms with Crippen LogP contribution >= 0.6 is 0 Å². The molecule has 31 heavy (non-hydrogen) atoms. The highest BCUT2D eigenvalue weighted by Gasteiger charge is 2.57. The second-order valence-corrected chi connectivity index (χ2v) is 9.88. The summed E-state index contributed by atoms with van der Waals surface area (Å²) in [6.45, 7) is 2.60. The van der Waals surface area contributed by atoms with Crippen molar-refractivity contribution >= 4 is 10.9 Å². The number of phenols is 1. The zero-order chi connectivity index (χ0) is 21.2. The molecule has 3 aliphatic rings. The number of β-amino-alcohol motifs (C(OH)–C–C–N with tert-alkyl or cyclic N) is 1. The number of aliphatic hydroxyl groups is 1. The van der Waals surface area contributed by atoms with Crippen molar-refractivity contribution < 1.29 is 14.6 Å². The SMILES string of the molecule is Oc1cccc([C@@]23CCN(CC4CC4)C[C@@]2(O)Cc2cc4ccc(F)cc4nc2C3)c1. The van der Waals surface area contributed by atoms with E-state index in [2.05, 4.69) is 11.0 Å². The van der Waals surface area contributed by atoms with Gasteiger partial charge in [-0.05, 0) is 73.2 Å². The molecule has 0 spiro atoms. The number of aromatic nitrogens is 1. The summed E-state index contributed by atoms with van der Waals surface area (Å²) in [5.74, 6) is 0.700. The Labute approximate surface area is 181 Å². The number of pyridine rings is 1. The van der Waals surface area contributed by atoms with Crippen LogP contribution in [0.5, 0.6) is 5.75 Å². The summed E-state index contributed by atoms with van der Waals surface area (Å²) >= 11 is 0. The van der Waals surface area contributed by atoms with Gasteiger partial charge in [0.25, 0.3) is 0 Å². The van der Waals surface area contributed by atoms with Crippen molar-refractivity contribution in [3.05, 3.63) is 71.2 Å². The van der Waals surface area contributed by atoms with E-state index in [4.69, 9.17) is 4.98 Å². The molecule has 2 aromatic carbocycles. The minimum atomic E-state index is -0.948. The highest BCUT2D eigenvalue weighted by molar-refractivity contribution is 5.80. The second kappa shape index (κ2) is 6.75. The molecule has 0 bridgehead atoms. The molecule has 2 aliphatic carbocycles. The lowest BCUT2D eigenvalue weighted by Crippen LogP contribution is -2.66. The van der Waals surface area contributed by atoms with Crippen molar-refractivity contribution in [3.8, 4) is 5.75 Å². The number of likely N-dealkylation sites (tertiary alicyclic amines) is 1. The molecule has 0 amide bonds. The molecule has 160 valence electrons. The minimum absolute atomic E-state index is 0.217. The Kier molecular flexibility index (Phi) is 4.18. The van der Waals surface area contributed by atoms with Gasteiger partial charge in [0.2, 0.25) is 0 Å². The largest absolute Gasteiger partial charge is 0.508 e. The molecule has 2 heterocycles. The average molecular weight is 419 g/mol. The van der Waals surface area contributed by atoms with Gasteiger partial charge in [0, 0.05) is 48.5 Å². The second-order valence-electron chi connectivity index (χ2n) is 9.88. The number of aromatic hydroxyl groups is 1. The fourth-order valence-electron chi connectivity index (χ4n) is 5.93. The molecule has 2 fully saturated rings. The van der Waals surface area contributed by atoms with E-state index in [0.29, 0.717) is 24.9 Å². The first-order valence-electron chi connectivity index (χ1n) is 11.3. The summed E-state index contributed by atoms with van der Waals surface area (Å²) in [5.41, 5.74) is 2.13. The van der Waals surface area contributed by atoms with Crippen LogP contribution in [0, 0.1) is 11.7 Å². The monoisotopic (exact) mass is 418 g/mol. The molecule has 0 unspecified atom stereocenters. The van der Waals surface area contributed by atoms with Gasteiger partial charge in [-0.3, -0.25) is 4.98 Å². The predicted molar refractivity (Wildman–Crippen MR) is 118 cm³/mol. The van der Waals surface area contributed by atoms with Crippen molar-refractivity contribution in [1.82, 2.24) is 9.88 Å². The maximum Gasteiger partial charge on any atom is 0.125 e. The smallest absolute Gasteiger partial charge is 0.125 e. The van der Waals surface area contributed by atoms with Crippen LogP contribution in [-0.2, 0) is 18.3 Å². The first kappa shape index (κ1) is 19.2. The van der Waals surface area contributed by atoms with Gasteiger partial charge in [-0.25, -0.2) is 4.39 Å². The molecule has 0 radical (unpaired) electrons. The quantitative estimate of drug-likeness (QED) is 0.676. The van der Waals surface area contributed by atoms with Crippen LogP contribution in [-0.4, -0.2) is 45.3 Å². The number of hydrogen-bond acceptors (Lipinski definition) is 4. The van der Waals surface area contributed by atoms with E-state index in [1.807, 2.05) is 12.1 Å². The maximum atomic E-state index is 13.8. The number of benzene rings is 2. The topological polar surface area (TPSA) is 56.6 Å². The van der Waals surface area contributed by atoms with Gasteiger partial charge in [0.15, 0.2) is 0 Å². The van der Waals surface area contributed by atoms with Crippen molar-refractivity contribution in [3.63, 3.8) is 0 Å². The number of phenolic OH excluding ortho intramolecular Hbond substituents is 1. The number of halogens is 1. The third-order valence-electron chi connectivity index (χ3n) is 7.74. The third kappa shape index (κ3) is 3.14. The highest BCUT2D eigenvalue weighted by Crippen LogP contribution is 2.51. The van der Waals surface area contributed by atoms with Gasteiger partial charge in [-0.1, -0.05) is 12.1 Å². The fourth-order valence-corrected chi connectivity index (χ4v) is 5.93. The van der Waals surface area contributed by atoms with Gasteiger partial charge in [-0.2, -0.15) is 0 Å². The zero-order valence-electron chi connectivity index (χ0n) is 17.5. The molecule has 1 aromatic heterocycles. The molecule has 6 rings (SSSR count). The van der Waals surface area contributed by atoms with Crippen LogP contribution in [0.1, 0.15) is 36.1 Å². The van der Waals surface area contributed by atoms with Gasteiger partial charge >= 0.3 is 0 Å². The van der Waals surface area contributed by atoms with E-state index in [-0.39, 0.29) is 11.6 Å². The van der Waals surface area contributed by atoms with Gasteiger partial charge in [-0.15, -0.1) is 0 Å². The highest BCUT2D eigenvalue weighted by atomic mass is 19.1. The molecule has 4 nitrogen and oxygen atoms in total. The van der Waals surface area contributed by atoms with E-state index >= 15 is 0 Å². The molecule has 2 N–H and O–H groups in total. The fraction of sp³-hybridized carbons (Fsp3) is 0.423. The molecule has 2 atom stereocenters. The van der Waals surface area contributed by atoms with Gasteiger partial charge in [0.05, 0.1) is 11.1 Å². The normalized spacial score (nSPS) is 28.3. The van der Waals surface area contributed by atoms with Crippen molar-refractivity contribution in [2.75, 3.05) is 19.6 Å². The first-order valence-corrected chi connectivity index (χ1v) is 11.3. The Hall–Kier alpha value is -2.50. The summed E-state index contributed by atoms with van der Waals surface area (Å²) < 4.78 is 13.8. The molecular formula is C26H27FN2O2. The molecule has 5 heteroatoms. The van der Waals surface area contributed by atoms with Gasteiger partial charge < -0.3 is 15.1 Å². The van der Waals surface area contributed by atoms with Crippen LogP contribution in [0.2, 0.25) is 0 Å². The minimum Gasteiger partial charge on any atom is -0.508 e. The van der Waals surface area contributed by atoms with E-state index in [0.717, 1.165) is 47.6 Å². The van der Waals surface area contributed by atoms with Crippen LogP contribution in [0.25, 0.3) is 10.9 Å². The van der Waals surface area contributed by atoms with Crippen molar-refractivity contribution in [1.29, 1.82) is 0 Å². The van der Waals surface area contributed by atoms with Crippen molar-refractivity contribution in [2.45, 2.75) is 43.1 Å². The predicted octanol–water partition coefficient (Wildman–Crippen LogP) is 3.96. The Morgan fingerprint density at radius 1 is 1.10 bits per heavy atom. The average Bonchev–Trinajstić information content (AvgIpc) is 3.54. The van der Waals surface area contributed by atoms with Crippen LogP contribution in [0.3, 0.4) is 0 Å². The van der Waals surface area contributed by atoms with E-state index in [9.17, 15) is 14.6 Å².